The van der Waals surface area contributed by atoms with Gasteiger partial charge < -0.3 is 0 Å². The van der Waals surface area contributed by atoms with Crippen LogP contribution in [-0.4, -0.2) is 0 Å². The highest BCUT2D eigenvalue weighted by atomic mass is 32.4. The van der Waals surface area contributed by atoms with Gasteiger partial charge in [-0.15, -0.1) is 0 Å². The van der Waals surface area contributed by atoms with Crippen LogP contribution in [-0.2, 0) is 18.0 Å². The number of benzene rings is 3. The van der Waals surface area contributed by atoms with Gasteiger partial charge in [-0.2, -0.15) is 13.2 Å². The van der Waals surface area contributed by atoms with E-state index in [0.717, 1.165) is 22.7 Å². The molecule has 0 heterocycles. The summed E-state index contributed by atoms with van der Waals surface area (Å²) in [7, 11) is 0. The van der Waals surface area contributed by atoms with Crippen LogP contribution in [0.4, 0.5) is 13.2 Å². The summed E-state index contributed by atoms with van der Waals surface area (Å²) in [6, 6.07) is 22.6. The molecule has 0 N–H and O–H groups in total. The van der Waals surface area contributed by atoms with Gasteiger partial charge in [-0.1, -0.05) is 90.7 Å². The highest BCUT2D eigenvalue weighted by Crippen LogP contribution is 2.46. The molecule has 0 saturated heterocycles. The Balaban J connectivity index is 1.99. The van der Waals surface area contributed by atoms with Crippen molar-refractivity contribution in [2.75, 3.05) is 0 Å². The van der Waals surface area contributed by atoms with Crippen LogP contribution in [0.2, 0.25) is 0 Å². The zero-order valence-corrected chi connectivity index (χ0v) is 15.4. The van der Waals surface area contributed by atoms with Gasteiger partial charge in [0, 0.05) is 6.04 Å². The first-order valence-electron chi connectivity index (χ1n) is 7.97. The molecule has 0 aliphatic heterocycles. The van der Waals surface area contributed by atoms with Crippen molar-refractivity contribution < 1.29 is 13.2 Å². The largest absolute Gasteiger partial charge is 0.416 e. The van der Waals surface area contributed by atoms with Gasteiger partial charge in [0.05, 0.1) is 5.56 Å². The molecule has 3 aromatic carbocycles. The molecule has 0 atom stereocenters. The van der Waals surface area contributed by atoms with Gasteiger partial charge in [-0.05, 0) is 34.1 Å². The minimum absolute atomic E-state index is 0.653. The van der Waals surface area contributed by atoms with Crippen molar-refractivity contribution in [2.24, 2.45) is 0 Å². The van der Waals surface area contributed by atoms with Crippen LogP contribution in [0.1, 0.15) is 11.1 Å². The van der Waals surface area contributed by atoms with Crippen LogP contribution >= 0.6 is 6.04 Å². The first-order valence-corrected chi connectivity index (χ1v) is 10.8. The molecule has 0 bridgehead atoms. The lowest BCUT2D eigenvalue weighted by Gasteiger charge is -2.19. The maximum absolute atomic E-state index is 12.7. The van der Waals surface area contributed by atoms with Crippen LogP contribution in [0, 0.1) is 0 Å². The normalized spacial score (nSPS) is 12.4. The third-order valence-electron chi connectivity index (χ3n) is 3.99. The van der Waals surface area contributed by atoms with E-state index in [0.29, 0.717) is 5.56 Å². The molecule has 0 aromatic heterocycles. The third-order valence-corrected chi connectivity index (χ3v) is 8.32. The molecule has 132 valence electrons. The zero-order valence-electron chi connectivity index (χ0n) is 13.7. The van der Waals surface area contributed by atoms with Crippen molar-refractivity contribution in [3.05, 3.63) is 102 Å². The lowest BCUT2D eigenvalue weighted by atomic mass is 10.1. The summed E-state index contributed by atoms with van der Waals surface area (Å²) in [5.74, 6) is 1.97. The predicted molar refractivity (Wildman–Crippen MR) is 107 cm³/mol. The van der Waals surface area contributed by atoms with E-state index in [-0.39, 0.29) is 0 Å². The van der Waals surface area contributed by atoms with E-state index >= 15 is 0 Å². The average Bonchev–Trinajstić information content (AvgIpc) is 2.67. The summed E-state index contributed by atoms with van der Waals surface area (Å²) < 4.78 is 38.1. The fourth-order valence-electron chi connectivity index (χ4n) is 2.59. The maximum Gasteiger partial charge on any atom is 0.416 e. The maximum atomic E-state index is 12.7. The van der Waals surface area contributed by atoms with Crippen molar-refractivity contribution in [3.8, 4) is 0 Å². The average molecular weight is 388 g/mol. The van der Waals surface area contributed by atoms with Gasteiger partial charge in [0.25, 0.3) is 0 Å². The Bertz CT molecular complexity index is 887. The molecule has 26 heavy (non-hydrogen) atoms. The van der Waals surface area contributed by atoms with Crippen LogP contribution in [0.25, 0.3) is 6.08 Å². The smallest absolute Gasteiger partial charge is 0.166 e. The summed E-state index contributed by atoms with van der Waals surface area (Å²) >= 11 is 6.06. The number of halogens is 3. The second kappa shape index (κ2) is 7.61. The Morgan fingerprint density at radius 1 is 0.692 bits per heavy atom. The lowest BCUT2D eigenvalue weighted by Crippen LogP contribution is -2.13. The molecule has 0 aliphatic carbocycles. The van der Waals surface area contributed by atoms with Gasteiger partial charge in [-0.25, -0.2) is 0 Å². The standard InChI is InChI=1S/C21H16F3PS/c22-21(23,24)18-13-11-17(12-14-18)15-16-25(26,19-7-3-1-4-8-19)20-9-5-2-6-10-20/h1-16H/b16-15-. The quantitative estimate of drug-likeness (QED) is 0.509. The molecule has 3 aromatic rings. The summed E-state index contributed by atoms with van der Waals surface area (Å²) in [5.41, 5.74) is 0.0410. The van der Waals surface area contributed by atoms with Crippen molar-refractivity contribution in [3.63, 3.8) is 0 Å². The monoisotopic (exact) mass is 388 g/mol. The minimum atomic E-state index is -4.33. The molecule has 0 amide bonds. The van der Waals surface area contributed by atoms with E-state index in [1.54, 1.807) is 0 Å². The molecule has 0 fully saturated rings. The summed E-state index contributed by atoms with van der Waals surface area (Å²) in [6.45, 7) is 0. The second-order valence-electron chi connectivity index (χ2n) is 5.76. The Morgan fingerprint density at radius 2 is 1.15 bits per heavy atom. The van der Waals surface area contributed by atoms with E-state index in [1.807, 2.05) is 72.6 Å². The Labute approximate surface area is 156 Å². The van der Waals surface area contributed by atoms with Crippen molar-refractivity contribution in [1.82, 2.24) is 0 Å². The Kier molecular flexibility index (Phi) is 5.45. The number of rotatable bonds is 4. The first-order chi connectivity index (χ1) is 12.4. The van der Waals surface area contributed by atoms with Crippen molar-refractivity contribution >= 4 is 34.5 Å². The molecule has 0 radical (unpaired) electrons. The number of hydrogen-bond acceptors (Lipinski definition) is 1. The molecule has 0 unspecified atom stereocenters. The zero-order chi connectivity index (χ0) is 18.6. The Hall–Kier alpha value is -2.16. The minimum Gasteiger partial charge on any atom is -0.166 e. The summed E-state index contributed by atoms with van der Waals surface area (Å²) in [5, 5.41) is 2.09. The SMILES string of the molecule is FC(F)(F)c1ccc(/C=C\P(=S)(c2ccccc2)c2ccccc2)cc1. The van der Waals surface area contributed by atoms with Crippen LogP contribution in [0.15, 0.2) is 90.7 Å². The van der Waals surface area contributed by atoms with E-state index in [2.05, 4.69) is 0 Å². The van der Waals surface area contributed by atoms with Crippen LogP contribution in [0.3, 0.4) is 0 Å². The molecule has 0 aliphatic rings. The van der Waals surface area contributed by atoms with E-state index in [9.17, 15) is 13.2 Å². The molecule has 0 spiro atoms. The number of hydrogen-bond donors (Lipinski definition) is 0. The molecule has 5 heteroatoms. The highest BCUT2D eigenvalue weighted by Gasteiger charge is 2.29. The van der Waals surface area contributed by atoms with E-state index < -0.39 is 17.8 Å². The Morgan fingerprint density at radius 3 is 1.58 bits per heavy atom. The molecule has 0 saturated carbocycles. The summed E-state index contributed by atoms with van der Waals surface area (Å²) in [6.07, 6.45) is -2.51. The molecular formula is C21H16F3PS. The lowest BCUT2D eigenvalue weighted by molar-refractivity contribution is -0.137. The highest BCUT2D eigenvalue weighted by molar-refractivity contribution is 8.23. The van der Waals surface area contributed by atoms with E-state index in [4.69, 9.17) is 11.8 Å². The van der Waals surface area contributed by atoms with Gasteiger partial charge >= 0.3 is 6.18 Å². The predicted octanol–water partition coefficient (Wildman–Crippen LogP) is 5.81. The van der Waals surface area contributed by atoms with Gasteiger partial charge in [0.1, 0.15) is 0 Å². The van der Waals surface area contributed by atoms with Gasteiger partial charge in [-0.3, -0.25) is 0 Å². The van der Waals surface area contributed by atoms with Crippen molar-refractivity contribution in [2.45, 2.75) is 6.18 Å². The number of alkyl halides is 3. The molecular weight excluding hydrogens is 372 g/mol. The fourth-order valence-corrected chi connectivity index (χ4v) is 5.76. The van der Waals surface area contributed by atoms with Crippen LogP contribution < -0.4 is 10.6 Å². The first kappa shape index (κ1) is 18.6. The molecule has 0 nitrogen and oxygen atoms in total. The third kappa shape index (κ3) is 4.14. The van der Waals surface area contributed by atoms with Crippen LogP contribution in [0.5, 0.6) is 0 Å². The van der Waals surface area contributed by atoms with Crippen molar-refractivity contribution in [1.29, 1.82) is 0 Å². The molecule has 3 rings (SSSR count). The topological polar surface area (TPSA) is 0 Å². The van der Waals surface area contributed by atoms with Gasteiger partial charge in [0.2, 0.25) is 0 Å². The van der Waals surface area contributed by atoms with E-state index in [1.165, 1.54) is 12.1 Å². The fraction of sp³-hybridized carbons (Fsp3) is 0.0476. The van der Waals surface area contributed by atoms with Gasteiger partial charge in [0.15, 0.2) is 0 Å². The summed E-state index contributed by atoms with van der Waals surface area (Å²) in [4.78, 5) is 0. The second-order valence-corrected chi connectivity index (χ2v) is 10.1.